The van der Waals surface area contributed by atoms with Crippen LogP contribution in [0.4, 0.5) is 0 Å². The summed E-state index contributed by atoms with van der Waals surface area (Å²) in [4.78, 5) is 6.44. The molecular weight excluding hydrogens is 338 g/mol. The summed E-state index contributed by atoms with van der Waals surface area (Å²) in [6, 6.07) is 10.7. The van der Waals surface area contributed by atoms with Crippen molar-refractivity contribution in [3.8, 4) is 11.6 Å². The minimum Gasteiger partial charge on any atom is -0.439 e. The van der Waals surface area contributed by atoms with Crippen LogP contribution in [-0.4, -0.2) is 34.0 Å². The first kappa shape index (κ1) is 17.5. The van der Waals surface area contributed by atoms with E-state index in [4.69, 9.17) is 16.3 Å². The molecule has 2 unspecified atom stereocenters. The maximum atomic E-state index is 9.51. The van der Waals surface area contributed by atoms with Gasteiger partial charge >= 0.3 is 0 Å². The van der Waals surface area contributed by atoms with Crippen molar-refractivity contribution in [2.24, 2.45) is 17.0 Å². The van der Waals surface area contributed by atoms with Gasteiger partial charge in [0, 0.05) is 35.9 Å². The molecule has 1 saturated heterocycles. The van der Waals surface area contributed by atoms with E-state index in [9.17, 15) is 5.21 Å². The number of amidine groups is 1. The first-order valence-electron chi connectivity index (χ1n) is 8.42. The van der Waals surface area contributed by atoms with E-state index in [-0.39, 0.29) is 0 Å². The fraction of sp³-hybridized carbons (Fsp3) is 0.368. The third-order valence-electron chi connectivity index (χ3n) is 4.29. The molecule has 0 radical (unpaired) electrons. The van der Waals surface area contributed by atoms with Gasteiger partial charge in [-0.3, -0.25) is 0 Å². The second-order valence-electron chi connectivity index (χ2n) is 6.72. The minimum absolute atomic E-state index is 0.476. The summed E-state index contributed by atoms with van der Waals surface area (Å²) in [5.74, 6) is 2.84. The average Bonchev–Trinajstić information content (AvgIpc) is 2.58. The van der Waals surface area contributed by atoms with Crippen molar-refractivity contribution >= 4 is 17.4 Å². The van der Waals surface area contributed by atoms with Gasteiger partial charge in [0.2, 0.25) is 5.88 Å². The molecule has 1 aliphatic heterocycles. The van der Waals surface area contributed by atoms with Crippen LogP contribution in [0, 0.1) is 11.8 Å². The van der Waals surface area contributed by atoms with Gasteiger partial charge in [0.1, 0.15) is 5.75 Å². The highest BCUT2D eigenvalue weighted by Crippen LogP contribution is 2.24. The highest BCUT2D eigenvalue weighted by Gasteiger charge is 2.25. The maximum Gasteiger partial charge on any atom is 0.219 e. The highest BCUT2D eigenvalue weighted by molar-refractivity contribution is 6.30. The summed E-state index contributed by atoms with van der Waals surface area (Å²) in [7, 11) is 0. The number of aromatic nitrogens is 1. The molecule has 1 N–H and O–H groups in total. The summed E-state index contributed by atoms with van der Waals surface area (Å²) < 4.78 is 5.70. The molecule has 0 saturated carbocycles. The fourth-order valence-electron chi connectivity index (χ4n) is 3.34. The quantitative estimate of drug-likeness (QED) is 0.375. The van der Waals surface area contributed by atoms with Crippen LogP contribution in [0.5, 0.6) is 11.6 Å². The number of benzene rings is 1. The standard InChI is InChI=1S/C19H22ClN3O2/c1-13-9-14(2)12-23(11-13)19(22-24)15-3-8-18(21-10-15)25-17-6-4-16(20)5-7-17/h3-8,10,13-14,24H,9,11-12H2,1-2H3/b22-19-. The Bertz CT molecular complexity index is 721. The van der Waals surface area contributed by atoms with Crippen LogP contribution in [0.25, 0.3) is 0 Å². The lowest BCUT2D eigenvalue weighted by atomic mass is 9.91. The van der Waals surface area contributed by atoms with Crippen LogP contribution in [0.15, 0.2) is 47.8 Å². The molecule has 25 heavy (non-hydrogen) atoms. The summed E-state index contributed by atoms with van der Waals surface area (Å²) in [6.45, 7) is 6.21. The number of oxime groups is 1. The molecule has 6 heteroatoms. The number of piperidine rings is 1. The Morgan fingerprint density at radius 1 is 1.16 bits per heavy atom. The Kier molecular flexibility index (Phi) is 5.43. The van der Waals surface area contributed by atoms with Crippen LogP contribution in [0.2, 0.25) is 5.02 Å². The lowest BCUT2D eigenvalue weighted by Gasteiger charge is -2.36. The maximum absolute atomic E-state index is 9.51. The number of hydrogen-bond donors (Lipinski definition) is 1. The van der Waals surface area contributed by atoms with Gasteiger partial charge in [-0.05, 0) is 48.6 Å². The predicted molar refractivity (Wildman–Crippen MR) is 98.6 cm³/mol. The third kappa shape index (κ3) is 4.42. The number of rotatable bonds is 3. The molecule has 0 aliphatic carbocycles. The largest absolute Gasteiger partial charge is 0.439 e. The van der Waals surface area contributed by atoms with E-state index in [0.717, 1.165) is 18.7 Å². The smallest absolute Gasteiger partial charge is 0.219 e. The molecule has 5 nitrogen and oxygen atoms in total. The topological polar surface area (TPSA) is 58.0 Å². The van der Waals surface area contributed by atoms with Gasteiger partial charge in [0.15, 0.2) is 5.84 Å². The Balaban J connectivity index is 1.73. The number of pyridine rings is 1. The molecule has 0 bridgehead atoms. The van der Waals surface area contributed by atoms with Crippen LogP contribution >= 0.6 is 11.6 Å². The molecule has 3 rings (SSSR count). The van der Waals surface area contributed by atoms with Gasteiger partial charge in [0.25, 0.3) is 0 Å². The van der Waals surface area contributed by atoms with Gasteiger partial charge < -0.3 is 14.8 Å². The average molecular weight is 360 g/mol. The number of hydrogen-bond acceptors (Lipinski definition) is 4. The van der Waals surface area contributed by atoms with Crippen molar-refractivity contribution in [1.82, 2.24) is 9.88 Å². The first-order chi connectivity index (χ1) is 12.0. The molecule has 1 fully saturated rings. The molecule has 1 aromatic heterocycles. The van der Waals surface area contributed by atoms with Crippen LogP contribution in [0.3, 0.4) is 0 Å². The van der Waals surface area contributed by atoms with E-state index in [1.165, 1.54) is 6.42 Å². The van der Waals surface area contributed by atoms with E-state index < -0.39 is 0 Å². The van der Waals surface area contributed by atoms with E-state index in [1.54, 1.807) is 36.5 Å². The highest BCUT2D eigenvalue weighted by atomic mass is 35.5. The molecule has 2 aromatic rings. The number of nitrogens with zero attached hydrogens (tertiary/aromatic N) is 3. The lowest BCUT2D eigenvalue weighted by molar-refractivity contribution is 0.204. The van der Waals surface area contributed by atoms with Gasteiger partial charge in [-0.2, -0.15) is 0 Å². The summed E-state index contributed by atoms with van der Waals surface area (Å²) in [5, 5.41) is 13.7. The summed E-state index contributed by atoms with van der Waals surface area (Å²) in [6.07, 6.45) is 2.87. The van der Waals surface area contributed by atoms with E-state index in [1.807, 2.05) is 6.07 Å². The second kappa shape index (κ2) is 7.74. The van der Waals surface area contributed by atoms with Crippen LogP contribution in [-0.2, 0) is 0 Å². The Morgan fingerprint density at radius 2 is 1.84 bits per heavy atom. The van der Waals surface area contributed by atoms with Crippen LogP contribution in [0.1, 0.15) is 25.8 Å². The van der Waals surface area contributed by atoms with E-state index >= 15 is 0 Å². The Morgan fingerprint density at radius 3 is 2.40 bits per heavy atom. The van der Waals surface area contributed by atoms with E-state index in [0.29, 0.717) is 34.3 Å². The van der Waals surface area contributed by atoms with Crippen molar-refractivity contribution in [2.45, 2.75) is 20.3 Å². The predicted octanol–water partition coefficient (Wildman–Crippen LogP) is 4.64. The molecule has 1 aromatic carbocycles. The summed E-state index contributed by atoms with van der Waals surface area (Å²) in [5.41, 5.74) is 0.771. The zero-order chi connectivity index (χ0) is 17.8. The zero-order valence-corrected chi connectivity index (χ0v) is 15.1. The number of ether oxygens (including phenoxy) is 1. The Labute approximate surface area is 152 Å². The van der Waals surface area contributed by atoms with Crippen molar-refractivity contribution in [2.75, 3.05) is 13.1 Å². The van der Waals surface area contributed by atoms with Gasteiger partial charge in [0.05, 0.1) is 0 Å². The normalized spacial score (nSPS) is 21.2. The molecule has 1 aliphatic rings. The lowest BCUT2D eigenvalue weighted by Crippen LogP contribution is -2.43. The van der Waals surface area contributed by atoms with Crippen molar-refractivity contribution < 1.29 is 9.94 Å². The summed E-state index contributed by atoms with van der Waals surface area (Å²) >= 11 is 5.87. The molecule has 0 spiro atoms. The molecule has 0 amide bonds. The third-order valence-corrected chi connectivity index (χ3v) is 4.55. The van der Waals surface area contributed by atoms with Crippen molar-refractivity contribution in [3.63, 3.8) is 0 Å². The van der Waals surface area contributed by atoms with Gasteiger partial charge in [-0.1, -0.05) is 30.6 Å². The SMILES string of the molecule is CC1CC(C)CN(/C(=N\O)c2ccc(Oc3ccc(Cl)cc3)nc2)C1. The first-order valence-corrected chi connectivity index (χ1v) is 8.80. The molecule has 2 heterocycles. The second-order valence-corrected chi connectivity index (χ2v) is 7.15. The van der Waals surface area contributed by atoms with Crippen molar-refractivity contribution in [3.05, 3.63) is 53.2 Å². The number of likely N-dealkylation sites (tertiary alicyclic amines) is 1. The number of halogens is 1. The van der Waals surface area contributed by atoms with Gasteiger partial charge in [-0.25, -0.2) is 4.98 Å². The minimum atomic E-state index is 0.476. The zero-order valence-electron chi connectivity index (χ0n) is 14.4. The van der Waals surface area contributed by atoms with Gasteiger partial charge in [-0.15, -0.1) is 0 Å². The van der Waals surface area contributed by atoms with E-state index in [2.05, 4.69) is 28.9 Å². The van der Waals surface area contributed by atoms with Crippen molar-refractivity contribution in [1.29, 1.82) is 0 Å². The Hall–Kier alpha value is -2.27. The molecular formula is C19H22ClN3O2. The van der Waals surface area contributed by atoms with Crippen LogP contribution < -0.4 is 4.74 Å². The monoisotopic (exact) mass is 359 g/mol. The molecule has 2 atom stereocenters. The fourth-order valence-corrected chi connectivity index (χ4v) is 3.46. The molecule has 132 valence electrons.